The first kappa shape index (κ1) is 11.5. The molecule has 16 heavy (non-hydrogen) atoms. The van der Waals surface area contributed by atoms with Gasteiger partial charge >= 0.3 is 0 Å². The van der Waals surface area contributed by atoms with E-state index in [-0.39, 0.29) is 5.22 Å². The van der Waals surface area contributed by atoms with Crippen molar-refractivity contribution in [3.63, 3.8) is 0 Å². The largest absolute Gasteiger partial charge is 0.444 e. The summed E-state index contributed by atoms with van der Waals surface area (Å²) in [5, 5.41) is 1.08. The minimum absolute atomic E-state index is 0.133. The van der Waals surface area contributed by atoms with Gasteiger partial charge in [-0.3, -0.25) is 4.79 Å². The van der Waals surface area contributed by atoms with Crippen LogP contribution < -0.4 is 0 Å². The van der Waals surface area contributed by atoms with Gasteiger partial charge in [0.15, 0.2) is 11.5 Å². The highest BCUT2D eigenvalue weighted by Crippen LogP contribution is 2.35. The highest BCUT2D eigenvalue weighted by atomic mass is 35.5. The summed E-state index contributed by atoms with van der Waals surface area (Å²) in [6, 6.07) is 6.33. The third-order valence-electron chi connectivity index (χ3n) is 2.03. The van der Waals surface area contributed by atoms with E-state index in [0.29, 0.717) is 33.2 Å². The summed E-state index contributed by atoms with van der Waals surface area (Å²) in [5.74, 6) is 0.326. The van der Waals surface area contributed by atoms with Gasteiger partial charge in [0.05, 0.1) is 10.6 Å². The third kappa shape index (κ3) is 2.09. The van der Waals surface area contributed by atoms with E-state index in [1.165, 1.54) is 6.07 Å². The van der Waals surface area contributed by atoms with Gasteiger partial charge in [0.25, 0.3) is 0 Å². The van der Waals surface area contributed by atoms with E-state index in [2.05, 4.69) is 0 Å². The van der Waals surface area contributed by atoms with Crippen LogP contribution in [0.25, 0.3) is 11.3 Å². The smallest absolute Gasteiger partial charge is 0.194 e. The molecule has 0 spiro atoms. The van der Waals surface area contributed by atoms with Gasteiger partial charge in [0.2, 0.25) is 0 Å². The molecule has 0 saturated carbocycles. The molecule has 5 heteroatoms. The summed E-state index contributed by atoms with van der Waals surface area (Å²) >= 11 is 17.5. The number of hydrogen-bond donors (Lipinski definition) is 0. The van der Waals surface area contributed by atoms with Gasteiger partial charge in [-0.2, -0.15) is 0 Å². The molecule has 0 aliphatic carbocycles. The number of aldehydes is 1. The fourth-order valence-electron chi connectivity index (χ4n) is 1.34. The lowest BCUT2D eigenvalue weighted by Gasteiger charge is -2.02. The van der Waals surface area contributed by atoms with Crippen molar-refractivity contribution >= 4 is 41.1 Å². The highest BCUT2D eigenvalue weighted by molar-refractivity contribution is 6.35. The van der Waals surface area contributed by atoms with Crippen LogP contribution in [0.2, 0.25) is 15.3 Å². The summed E-state index contributed by atoms with van der Waals surface area (Å²) in [6.45, 7) is 0. The predicted molar refractivity (Wildman–Crippen MR) is 64.6 cm³/mol. The molecule has 1 heterocycles. The number of halogens is 3. The van der Waals surface area contributed by atoms with Crippen LogP contribution in [0.3, 0.4) is 0 Å². The van der Waals surface area contributed by atoms with Crippen molar-refractivity contribution in [2.45, 2.75) is 0 Å². The maximum absolute atomic E-state index is 10.8. The van der Waals surface area contributed by atoms with Gasteiger partial charge in [0, 0.05) is 16.7 Å². The van der Waals surface area contributed by atoms with Crippen LogP contribution in [0.4, 0.5) is 0 Å². The van der Waals surface area contributed by atoms with Gasteiger partial charge < -0.3 is 4.42 Å². The van der Waals surface area contributed by atoms with Crippen LogP contribution in [0.15, 0.2) is 28.7 Å². The van der Waals surface area contributed by atoms with Crippen molar-refractivity contribution < 1.29 is 9.21 Å². The van der Waals surface area contributed by atoms with Crippen molar-refractivity contribution in [2.75, 3.05) is 0 Å². The summed E-state index contributed by atoms with van der Waals surface area (Å²) in [5.41, 5.74) is 0.886. The molecule has 0 radical (unpaired) electrons. The van der Waals surface area contributed by atoms with Gasteiger partial charge in [0.1, 0.15) is 5.76 Å². The molecular formula is C11H5Cl3O2. The van der Waals surface area contributed by atoms with Crippen LogP contribution >= 0.6 is 34.8 Å². The maximum atomic E-state index is 10.8. The van der Waals surface area contributed by atoms with E-state index >= 15 is 0 Å². The average Bonchev–Trinajstić information content (AvgIpc) is 2.63. The second-order valence-electron chi connectivity index (χ2n) is 3.08. The number of hydrogen-bond acceptors (Lipinski definition) is 2. The molecule has 0 aliphatic rings. The number of carbonyl (C=O) groups is 1. The van der Waals surface area contributed by atoms with E-state index in [1.807, 2.05) is 0 Å². The molecule has 82 valence electrons. The monoisotopic (exact) mass is 274 g/mol. The van der Waals surface area contributed by atoms with E-state index < -0.39 is 0 Å². The number of carbonyl (C=O) groups excluding carboxylic acids is 1. The molecular weight excluding hydrogens is 270 g/mol. The Morgan fingerprint density at radius 3 is 2.56 bits per heavy atom. The molecule has 0 amide bonds. The van der Waals surface area contributed by atoms with Crippen molar-refractivity contribution in [3.8, 4) is 11.3 Å². The Bertz CT molecular complexity index is 546. The standard InChI is InChI=1S/C11H5Cl3O2/c12-7-1-2-9(13)8(4-7)11-6(5-15)3-10(14)16-11/h1-5H. The van der Waals surface area contributed by atoms with Gasteiger partial charge in [-0.25, -0.2) is 0 Å². The summed E-state index contributed by atoms with van der Waals surface area (Å²) in [7, 11) is 0. The molecule has 1 aromatic heterocycles. The van der Waals surface area contributed by atoms with E-state index in [4.69, 9.17) is 39.2 Å². The average molecular weight is 276 g/mol. The zero-order valence-electron chi connectivity index (χ0n) is 7.84. The zero-order valence-corrected chi connectivity index (χ0v) is 10.1. The Balaban J connectivity index is 2.66. The maximum Gasteiger partial charge on any atom is 0.194 e. The normalized spacial score (nSPS) is 10.4. The van der Waals surface area contributed by atoms with E-state index in [9.17, 15) is 4.79 Å². The lowest BCUT2D eigenvalue weighted by Crippen LogP contribution is -1.83. The Labute approximate surface area is 107 Å². The molecule has 0 aliphatic heterocycles. The van der Waals surface area contributed by atoms with Crippen LogP contribution in [0.5, 0.6) is 0 Å². The molecule has 0 atom stereocenters. The van der Waals surface area contributed by atoms with E-state index in [0.717, 1.165) is 0 Å². The lowest BCUT2D eigenvalue weighted by atomic mass is 10.1. The van der Waals surface area contributed by atoms with Crippen molar-refractivity contribution in [3.05, 3.63) is 45.1 Å². The fourth-order valence-corrected chi connectivity index (χ4v) is 1.91. The quantitative estimate of drug-likeness (QED) is 0.742. The summed E-state index contributed by atoms with van der Waals surface area (Å²) in [4.78, 5) is 10.8. The Morgan fingerprint density at radius 1 is 1.12 bits per heavy atom. The van der Waals surface area contributed by atoms with Crippen LogP contribution in [-0.4, -0.2) is 6.29 Å². The first-order valence-electron chi connectivity index (χ1n) is 4.31. The fraction of sp³-hybridized carbons (Fsp3) is 0. The molecule has 2 rings (SSSR count). The molecule has 2 aromatic rings. The topological polar surface area (TPSA) is 30.2 Å². The lowest BCUT2D eigenvalue weighted by molar-refractivity contribution is 0.112. The molecule has 0 unspecified atom stereocenters. The summed E-state index contributed by atoms with van der Waals surface area (Å²) < 4.78 is 5.22. The predicted octanol–water partition coefficient (Wildman–Crippen LogP) is 4.72. The molecule has 0 N–H and O–H groups in total. The number of rotatable bonds is 2. The number of furan rings is 1. The molecule has 2 nitrogen and oxygen atoms in total. The van der Waals surface area contributed by atoms with Gasteiger partial charge in [-0.15, -0.1) is 0 Å². The van der Waals surface area contributed by atoms with Crippen LogP contribution in [-0.2, 0) is 0 Å². The second-order valence-corrected chi connectivity index (χ2v) is 4.29. The molecule has 0 bridgehead atoms. The third-order valence-corrected chi connectivity index (χ3v) is 2.78. The van der Waals surface area contributed by atoms with Crippen molar-refractivity contribution in [1.82, 2.24) is 0 Å². The SMILES string of the molecule is O=Cc1cc(Cl)oc1-c1cc(Cl)ccc1Cl. The Kier molecular flexibility index (Phi) is 3.24. The Hall–Kier alpha value is -0.960. The van der Waals surface area contributed by atoms with Gasteiger partial charge in [-0.1, -0.05) is 23.2 Å². The van der Waals surface area contributed by atoms with E-state index in [1.54, 1.807) is 18.2 Å². The van der Waals surface area contributed by atoms with Crippen molar-refractivity contribution in [1.29, 1.82) is 0 Å². The summed E-state index contributed by atoms with van der Waals surface area (Å²) in [6.07, 6.45) is 0.655. The van der Waals surface area contributed by atoms with Crippen LogP contribution in [0.1, 0.15) is 10.4 Å². The highest BCUT2D eigenvalue weighted by Gasteiger charge is 2.14. The second kappa shape index (κ2) is 4.50. The minimum atomic E-state index is 0.133. The Morgan fingerprint density at radius 2 is 1.88 bits per heavy atom. The van der Waals surface area contributed by atoms with Crippen LogP contribution in [0, 0.1) is 0 Å². The molecule has 0 fully saturated rings. The first-order chi connectivity index (χ1) is 7.61. The van der Waals surface area contributed by atoms with Crippen molar-refractivity contribution in [2.24, 2.45) is 0 Å². The minimum Gasteiger partial charge on any atom is -0.444 e. The zero-order chi connectivity index (χ0) is 11.7. The first-order valence-corrected chi connectivity index (χ1v) is 5.45. The number of benzene rings is 1. The molecule has 0 saturated heterocycles. The molecule has 1 aromatic carbocycles. The van der Waals surface area contributed by atoms with Gasteiger partial charge in [-0.05, 0) is 29.8 Å².